The topological polar surface area (TPSA) is 94.9 Å². The molecule has 0 bridgehead atoms. The van der Waals surface area contributed by atoms with Crippen molar-refractivity contribution in [1.29, 1.82) is 5.26 Å². The van der Waals surface area contributed by atoms with Crippen LogP contribution in [0.3, 0.4) is 0 Å². The van der Waals surface area contributed by atoms with E-state index in [1.165, 1.54) is 0 Å². The quantitative estimate of drug-likeness (QED) is 0.454. The summed E-state index contributed by atoms with van der Waals surface area (Å²) in [6.45, 7) is 16.4. The molecule has 1 saturated heterocycles. The van der Waals surface area contributed by atoms with Gasteiger partial charge in [-0.2, -0.15) is 5.26 Å². The number of nitriles is 1. The van der Waals surface area contributed by atoms with Gasteiger partial charge in [-0.15, -0.1) is 0 Å². The van der Waals surface area contributed by atoms with Crippen molar-refractivity contribution in [3.05, 3.63) is 53.1 Å². The Hall–Kier alpha value is -3.44. The van der Waals surface area contributed by atoms with Gasteiger partial charge in [-0.1, -0.05) is 39.3 Å². The van der Waals surface area contributed by atoms with Crippen molar-refractivity contribution in [3.8, 4) is 11.8 Å². The van der Waals surface area contributed by atoms with Crippen LogP contribution in [-0.2, 0) is 9.53 Å². The normalized spacial score (nSPS) is 21.6. The van der Waals surface area contributed by atoms with E-state index in [-0.39, 0.29) is 24.0 Å². The van der Waals surface area contributed by atoms with Crippen molar-refractivity contribution in [2.75, 3.05) is 36.4 Å². The first-order valence-electron chi connectivity index (χ1n) is 13.6. The second-order valence-electron chi connectivity index (χ2n) is 12.8. The maximum Gasteiger partial charge on any atom is 0.410 e. The Bertz CT molecular complexity index is 1290. The van der Waals surface area contributed by atoms with Crippen LogP contribution in [0.1, 0.15) is 54.0 Å². The van der Waals surface area contributed by atoms with E-state index in [1.54, 1.807) is 23.1 Å². The Morgan fingerprint density at radius 2 is 1.60 bits per heavy atom. The molecule has 40 heavy (non-hydrogen) atoms. The Morgan fingerprint density at radius 3 is 2.12 bits per heavy atom. The minimum atomic E-state index is -0.508. The molecule has 0 atom stereocenters. The number of anilines is 2. The van der Waals surface area contributed by atoms with Crippen LogP contribution in [0.15, 0.2) is 42.5 Å². The molecule has 0 aromatic heterocycles. The first-order chi connectivity index (χ1) is 18.6. The van der Waals surface area contributed by atoms with Crippen LogP contribution >= 0.6 is 11.6 Å². The summed E-state index contributed by atoms with van der Waals surface area (Å²) >= 11 is 6.20. The third kappa shape index (κ3) is 6.00. The number of amides is 2. The highest BCUT2D eigenvalue weighted by Crippen LogP contribution is 2.60. The standard InChI is InChI=1S/C31H39ClN4O4/c1-29(2,3)40-28(38)36-16-14-35(15-17-36)22-11-9-21(10-12-22)34-26(37)25-30(4,5)27(31(25,6)7)39-23-13-8-20(19-33)24(32)18-23/h8-13,18,25,27H,14-17H2,1-7H3,(H,34,37). The summed E-state index contributed by atoms with van der Waals surface area (Å²) in [6, 6.07) is 14.9. The summed E-state index contributed by atoms with van der Waals surface area (Å²) < 4.78 is 11.8. The monoisotopic (exact) mass is 566 g/mol. The van der Waals surface area contributed by atoms with Gasteiger partial charge in [0.2, 0.25) is 5.91 Å². The highest BCUT2D eigenvalue weighted by molar-refractivity contribution is 6.31. The molecule has 0 unspecified atom stereocenters. The molecule has 0 spiro atoms. The molecule has 2 fully saturated rings. The lowest BCUT2D eigenvalue weighted by Crippen LogP contribution is -2.69. The number of halogens is 1. The number of rotatable bonds is 5. The van der Waals surface area contributed by atoms with E-state index in [1.807, 2.05) is 72.7 Å². The zero-order valence-electron chi connectivity index (χ0n) is 24.4. The van der Waals surface area contributed by atoms with Gasteiger partial charge in [0.15, 0.2) is 0 Å². The lowest BCUT2D eigenvalue weighted by atomic mass is 9.45. The van der Waals surface area contributed by atoms with Crippen LogP contribution in [0.5, 0.6) is 5.75 Å². The van der Waals surface area contributed by atoms with Crippen LogP contribution in [0, 0.1) is 28.1 Å². The number of carbonyl (C=O) groups is 2. The summed E-state index contributed by atoms with van der Waals surface area (Å²) in [5.41, 5.74) is 0.804. The SMILES string of the molecule is CC(C)(C)OC(=O)N1CCN(c2ccc(NC(=O)C3C(C)(C)C(Oc4ccc(C#N)c(Cl)c4)C3(C)C)cc2)CC1. The van der Waals surface area contributed by atoms with Gasteiger partial charge in [0, 0.05) is 54.5 Å². The van der Waals surface area contributed by atoms with E-state index in [0.29, 0.717) is 42.5 Å². The number of carbonyl (C=O) groups excluding carboxylic acids is 2. The van der Waals surface area contributed by atoms with E-state index in [4.69, 9.17) is 26.3 Å². The van der Waals surface area contributed by atoms with Gasteiger partial charge in [0.25, 0.3) is 0 Å². The number of nitrogens with zero attached hydrogens (tertiary/aromatic N) is 3. The lowest BCUT2D eigenvalue weighted by molar-refractivity contribution is -0.198. The molecule has 1 saturated carbocycles. The molecule has 2 aliphatic rings. The van der Waals surface area contributed by atoms with Gasteiger partial charge in [-0.05, 0) is 57.2 Å². The predicted molar refractivity (Wildman–Crippen MR) is 157 cm³/mol. The minimum Gasteiger partial charge on any atom is -0.489 e. The van der Waals surface area contributed by atoms with Gasteiger partial charge in [-0.25, -0.2) is 4.79 Å². The minimum absolute atomic E-state index is 0.0496. The van der Waals surface area contributed by atoms with Crippen LogP contribution in [0.4, 0.5) is 16.2 Å². The number of piperazine rings is 1. The Kier molecular flexibility index (Phi) is 8.01. The number of ether oxygens (including phenoxy) is 2. The van der Waals surface area contributed by atoms with Crippen molar-refractivity contribution in [2.24, 2.45) is 16.7 Å². The fourth-order valence-electron chi connectivity index (χ4n) is 6.34. The number of hydrogen-bond acceptors (Lipinski definition) is 6. The second kappa shape index (κ2) is 10.9. The second-order valence-corrected chi connectivity index (χ2v) is 13.2. The van der Waals surface area contributed by atoms with Crippen molar-refractivity contribution >= 4 is 35.0 Å². The van der Waals surface area contributed by atoms with Crippen LogP contribution in [0.2, 0.25) is 5.02 Å². The molecular weight excluding hydrogens is 528 g/mol. The summed E-state index contributed by atoms with van der Waals surface area (Å²) in [4.78, 5) is 29.8. The zero-order valence-corrected chi connectivity index (χ0v) is 25.1. The van der Waals surface area contributed by atoms with Gasteiger partial charge in [0.05, 0.1) is 16.5 Å². The predicted octanol–water partition coefficient (Wildman–Crippen LogP) is 6.34. The van der Waals surface area contributed by atoms with Crippen LogP contribution in [-0.4, -0.2) is 54.8 Å². The molecule has 1 aliphatic carbocycles. The molecule has 1 N–H and O–H groups in total. The molecule has 4 rings (SSSR count). The molecular formula is C31H39ClN4O4. The molecule has 2 aromatic carbocycles. The van der Waals surface area contributed by atoms with Gasteiger partial charge in [-0.3, -0.25) is 4.79 Å². The molecule has 2 aromatic rings. The van der Waals surface area contributed by atoms with E-state index in [9.17, 15) is 9.59 Å². The van der Waals surface area contributed by atoms with Crippen molar-refractivity contribution in [2.45, 2.75) is 60.2 Å². The smallest absolute Gasteiger partial charge is 0.410 e. The van der Waals surface area contributed by atoms with Crippen molar-refractivity contribution < 1.29 is 19.1 Å². The first kappa shape index (κ1) is 29.5. The van der Waals surface area contributed by atoms with E-state index >= 15 is 0 Å². The Morgan fingerprint density at radius 1 is 1.00 bits per heavy atom. The van der Waals surface area contributed by atoms with Crippen LogP contribution < -0.4 is 15.0 Å². The number of hydrogen-bond donors (Lipinski definition) is 1. The third-order valence-corrected chi connectivity index (χ3v) is 8.16. The van der Waals surface area contributed by atoms with Crippen molar-refractivity contribution in [3.63, 3.8) is 0 Å². The third-order valence-electron chi connectivity index (χ3n) is 7.85. The molecule has 0 radical (unpaired) electrons. The highest BCUT2D eigenvalue weighted by atomic mass is 35.5. The molecule has 9 heteroatoms. The fraction of sp³-hybridized carbons (Fsp3) is 0.516. The zero-order chi connectivity index (χ0) is 29.5. The van der Waals surface area contributed by atoms with E-state index < -0.39 is 16.4 Å². The number of nitrogens with one attached hydrogen (secondary N) is 1. The summed E-state index contributed by atoms with van der Waals surface area (Å²) in [6.07, 6.45) is -0.498. The largest absolute Gasteiger partial charge is 0.489 e. The summed E-state index contributed by atoms with van der Waals surface area (Å²) in [7, 11) is 0. The summed E-state index contributed by atoms with van der Waals surface area (Å²) in [5, 5.41) is 12.6. The molecule has 214 valence electrons. The molecule has 8 nitrogen and oxygen atoms in total. The molecule has 2 amide bonds. The van der Waals surface area contributed by atoms with Gasteiger partial charge in [0.1, 0.15) is 23.5 Å². The van der Waals surface area contributed by atoms with E-state index in [0.717, 1.165) is 11.4 Å². The first-order valence-corrected chi connectivity index (χ1v) is 14.0. The van der Waals surface area contributed by atoms with Crippen molar-refractivity contribution in [1.82, 2.24) is 4.90 Å². The lowest BCUT2D eigenvalue weighted by Gasteiger charge is -2.62. The van der Waals surface area contributed by atoms with E-state index in [2.05, 4.69) is 16.3 Å². The van der Waals surface area contributed by atoms with Gasteiger partial charge < -0.3 is 24.6 Å². The molecule has 1 aliphatic heterocycles. The Balaban J connectivity index is 1.35. The summed E-state index contributed by atoms with van der Waals surface area (Å²) in [5.74, 6) is 0.252. The maximum absolute atomic E-state index is 13.5. The molecule has 1 heterocycles. The van der Waals surface area contributed by atoms with Gasteiger partial charge >= 0.3 is 6.09 Å². The maximum atomic E-state index is 13.5. The number of benzene rings is 2. The average Bonchev–Trinajstić information content (AvgIpc) is 2.86. The highest BCUT2D eigenvalue weighted by Gasteiger charge is 2.66. The Labute approximate surface area is 242 Å². The average molecular weight is 567 g/mol. The fourth-order valence-corrected chi connectivity index (χ4v) is 6.56. The van der Waals surface area contributed by atoms with Crippen LogP contribution in [0.25, 0.3) is 0 Å².